The van der Waals surface area contributed by atoms with Crippen LogP contribution >= 0.6 is 0 Å². The maximum Gasteiger partial charge on any atom is 0.0668 e. The first-order valence-corrected chi connectivity index (χ1v) is 5.80. The first kappa shape index (κ1) is 14.6. The van der Waals surface area contributed by atoms with Gasteiger partial charge in [0.2, 0.25) is 0 Å². The molecule has 0 bridgehead atoms. The van der Waals surface area contributed by atoms with Crippen LogP contribution in [0.3, 0.4) is 0 Å². The molecule has 0 radical (unpaired) electrons. The van der Waals surface area contributed by atoms with Gasteiger partial charge >= 0.3 is 0 Å². The van der Waals surface area contributed by atoms with E-state index in [1.807, 2.05) is 38.3 Å². The van der Waals surface area contributed by atoms with Crippen molar-refractivity contribution in [2.24, 2.45) is 4.99 Å². The van der Waals surface area contributed by atoms with Crippen molar-refractivity contribution in [1.29, 1.82) is 0 Å². The molecule has 0 aliphatic carbocycles. The smallest absolute Gasteiger partial charge is 0.0668 e. The van der Waals surface area contributed by atoms with Gasteiger partial charge in [-0.25, -0.2) is 0 Å². The maximum absolute atomic E-state index is 4.34. The lowest BCUT2D eigenvalue weighted by molar-refractivity contribution is 0.953. The van der Waals surface area contributed by atoms with Crippen molar-refractivity contribution in [1.82, 2.24) is 0 Å². The Hall–Kier alpha value is -1.37. The summed E-state index contributed by atoms with van der Waals surface area (Å²) in [5.41, 5.74) is 3.33. The second-order valence-corrected chi connectivity index (χ2v) is 3.60. The van der Waals surface area contributed by atoms with Gasteiger partial charge in [-0.15, -0.1) is 0 Å². The summed E-state index contributed by atoms with van der Waals surface area (Å²) < 4.78 is 0. The number of unbranched alkanes of at least 4 members (excludes halogenated alkanes) is 1. The van der Waals surface area contributed by atoms with Gasteiger partial charge in [-0.1, -0.05) is 50.3 Å². The van der Waals surface area contributed by atoms with Crippen LogP contribution in [0.5, 0.6) is 0 Å². The third-order valence-electron chi connectivity index (χ3n) is 2.30. The average molecular weight is 217 g/mol. The fourth-order valence-corrected chi connectivity index (χ4v) is 1.43. The highest BCUT2D eigenvalue weighted by atomic mass is 14.7. The molecule has 88 valence electrons. The van der Waals surface area contributed by atoms with E-state index in [2.05, 4.69) is 31.5 Å². The van der Waals surface area contributed by atoms with Crippen LogP contribution in [0.15, 0.2) is 53.1 Å². The zero-order valence-corrected chi connectivity index (χ0v) is 11.0. The predicted molar refractivity (Wildman–Crippen MR) is 75.1 cm³/mol. The summed E-state index contributed by atoms with van der Waals surface area (Å²) in [7, 11) is 1.83. The molecular formula is C15H23N. The Morgan fingerprint density at radius 1 is 1.38 bits per heavy atom. The highest BCUT2D eigenvalue weighted by Crippen LogP contribution is 2.11. The van der Waals surface area contributed by atoms with E-state index < -0.39 is 0 Å². The minimum absolute atomic E-state index is 1.03. The van der Waals surface area contributed by atoms with Gasteiger partial charge in [-0.2, -0.15) is 0 Å². The highest BCUT2D eigenvalue weighted by Gasteiger charge is 2.03. The monoisotopic (exact) mass is 217 g/mol. The molecule has 0 amide bonds. The molecule has 0 unspecified atom stereocenters. The van der Waals surface area contributed by atoms with Crippen LogP contribution in [0.2, 0.25) is 0 Å². The second kappa shape index (κ2) is 8.90. The van der Waals surface area contributed by atoms with Crippen molar-refractivity contribution >= 4 is 5.71 Å². The van der Waals surface area contributed by atoms with E-state index in [4.69, 9.17) is 0 Å². The first-order chi connectivity index (χ1) is 7.71. The minimum atomic E-state index is 1.03. The zero-order chi connectivity index (χ0) is 12.4. The molecule has 1 nitrogen and oxygen atoms in total. The molecular weight excluding hydrogens is 194 g/mol. The van der Waals surface area contributed by atoms with Crippen molar-refractivity contribution in [3.63, 3.8) is 0 Å². The summed E-state index contributed by atoms with van der Waals surface area (Å²) in [6.45, 7) is 10.1. The lowest BCUT2D eigenvalue weighted by atomic mass is 10.0. The molecule has 0 saturated carbocycles. The number of hydrogen-bond acceptors (Lipinski definition) is 1. The number of nitrogens with zero attached hydrogens (tertiary/aromatic N) is 1. The van der Waals surface area contributed by atoms with E-state index in [0.717, 1.165) is 24.1 Å². The first-order valence-electron chi connectivity index (χ1n) is 5.80. The van der Waals surface area contributed by atoms with E-state index in [1.54, 1.807) is 0 Å². The number of allylic oxidation sites excluding steroid dienone is 7. The number of hydrogen-bond donors (Lipinski definition) is 0. The van der Waals surface area contributed by atoms with Gasteiger partial charge in [0, 0.05) is 7.05 Å². The van der Waals surface area contributed by atoms with Crippen molar-refractivity contribution in [3.8, 4) is 0 Å². The van der Waals surface area contributed by atoms with Crippen molar-refractivity contribution in [2.75, 3.05) is 7.05 Å². The Morgan fingerprint density at radius 3 is 2.50 bits per heavy atom. The molecule has 0 rings (SSSR count). The standard InChI is InChI=1S/C15H23N/c1-6-9-11-13(4)15(16-5)14(8-3)12-10-7-2/h7-8,10-12H,3,6,9H2,1-2,4-5H3/b10-7-,13-11-,14-12+,16-15?. The summed E-state index contributed by atoms with van der Waals surface area (Å²) in [6.07, 6.45) is 12.4. The Morgan fingerprint density at radius 2 is 2.06 bits per heavy atom. The summed E-state index contributed by atoms with van der Waals surface area (Å²) in [4.78, 5) is 4.34. The quantitative estimate of drug-likeness (QED) is 0.459. The van der Waals surface area contributed by atoms with E-state index in [1.165, 1.54) is 5.57 Å². The van der Waals surface area contributed by atoms with Crippen molar-refractivity contribution in [3.05, 3.63) is 48.1 Å². The van der Waals surface area contributed by atoms with Crippen LogP contribution in [0.4, 0.5) is 0 Å². The average Bonchev–Trinajstić information content (AvgIpc) is 2.31. The molecule has 0 saturated heterocycles. The van der Waals surface area contributed by atoms with E-state index in [0.29, 0.717) is 0 Å². The van der Waals surface area contributed by atoms with Crippen LogP contribution < -0.4 is 0 Å². The molecule has 16 heavy (non-hydrogen) atoms. The largest absolute Gasteiger partial charge is 0.288 e. The van der Waals surface area contributed by atoms with Gasteiger partial charge < -0.3 is 0 Å². The van der Waals surface area contributed by atoms with Gasteiger partial charge in [0.15, 0.2) is 0 Å². The lowest BCUT2D eigenvalue weighted by Gasteiger charge is -2.07. The fourth-order valence-electron chi connectivity index (χ4n) is 1.43. The fraction of sp³-hybridized carbons (Fsp3) is 0.400. The normalized spacial score (nSPS) is 14.6. The summed E-state index contributed by atoms with van der Waals surface area (Å²) in [5, 5.41) is 0. The van der Waals surface area contributed by atoms with E-state index in [-0.39, 0.29) is 0 Å². The molecule has 0 heterocycles. The SMILES string of the molecule is C=C/C(=C\C=C/C)C(=NC)/C(C)=C\CCC. The van der Waals surface area contributed by atoms with Gasteiger partial charge in [0.1, 0.15) is 0 Å². The lowest BCUT2D eigenvalue weighted by Crippen LogP contribution is -2.03. The summed E-state index contributed by atoms with van der Waals surface area (Å²) in [5.74, 6) is 0. The van der Waals surface area contributed by atoms with Gasteiger partial charge in [-0.3, -0.25) is 4.99 Å². The summed E-state index contributed by atoms with van der Waals surface area (Å²) in [6, 6.07) is 0. The van der Waals surface area contributed by atoms with E-state index in [9.17, 15) is 0 Å². The van der Waals surface area contributed by atoms with Gasteiger partial charge in [0.25, 0.3) is 0 Å². The van der Waals surface area contributed by atoms with E-state index >= 15 is 0 Å². The van der Waals surface area contributed by atoms with Crippen molar-refractivity contribution in [2.45, 2.75) is 33.6 Å². The molecule has 0 atom stereocenters. The van der Waals surface area contributed by atoms with Crippen molar-refractivity contribution < 1.29 is 0 Å². The zero-order valence-electron chi connectivity index (χ0n) is 11.0. The Bertz CT molecular complexity index is 327. The highest BCUT2D eigenvalue weighted by molar-refractivity contribution is 6.13. The summed E-state index contributed by atoms with van der Waals surface area (Å²) >= 11 is 0. The molecule has 0 aromatic rings. The second-order valence-electron chi connectivity index (χ2n) is 3.60. The Kier molecular flexibility index (Phi) is 8.14. The number of aliphatic imine (C=N–C) groups is 1. The third kappa shape index (κ3) is 4.92. The molecule has 0 fully saturated rings. The molecule has 0 aliphatic heterocycles. The third-order valence-corrected chi connectivity index (χ3v) is 2.30. The minimum Gasteiger partial charge on any atom is -0.288 e. The molecule has 1 heteroatoms. The van der Waals surface area contributed by atoms with Crippen LogP contribution in [0.25, 0.3) is 0 Å². The molecule has 0 aromatic carbocycles. The molecule has 0 N–H and O–H groups in total. The Balaban J connectivity index is 5.05. The number of rotatable bonds is 6. The predicted octanol–water partition coefficient (Wildman–Crippen LogP) is 4.49. The Labute approximate surface area is 100.0 Å². The van der Waals surface area contributed by atoms with Crippen LogP contribution in [0, 0.1) is 0 Å². The van der Waals surface area contributed by atoms with Gasteiger partial charge in [0.05, 0.1) is 5.71 Å². The topological polar surface area (TPSA) is 12.4 Å². The molecule has 0 aromatic heterocycles. The van der Waals surface area contributed by atoms with Crippen LogP contribution in [-0.2, 0) is 0 Å². The molecule has 0 aliphatic rings. The van der Waals surface area contributed by atoms with Crippen LogP contribution in [0.1, 0.15) is 33.6 Å². The maximum atomic E-state index is 4.34. The van der Waals surface area contributed by atoms with Gasteiger partial charge in [-0.05, 0) is 31.4 Å². The van der Waals surface area contributed by atoms with Crippen LogP contribution in [-0.4, -0.2) is 12.8 Å². The molecule has 0 spiro atoms.